The summed E-state index contributed by atoms with van der Waals surface area (Å²) in [5.74, 6) is 0.572. The molecule has 2 aromatic heterocycles. The number of nitrogens with zero attached hydrogens (tertiary/aromatic N) is 3. The molecule has 5 heteroatoms. The maximum atomic E-state index is 13.5. The highest BCUT2D eigenvalue weighted by Crippen LogP contribution is 2.31. The maximum Gasteiger partial charge on any atom is 0.160 e. The molecule has 0 bridgehead atoms. The molecule has 1 fully saturated rings. The number of benzene rings is 1. The van der Waals surface area contributed by atoms with E-state index in [4.69, 9.17) is 0 Å². The van der Waals surface area contributed by atoms with Crippen molar-refractivity contribution in [3.8, 4) is 11.5 Å². The lowest BCUT2D eigenvalue weighted by molar-refractivity contribution is 0.377. The van der Waals surface area contributed by atoms with Crippen molar-refractivity contribution in [2.45, 2.75) is 18.9 Å². The van der Waals surface area contributed by atoms with E-state index in [0.29, 0.717) is 11.6 Å². The molecule has 1 aromatic carbocycles. The summed E-state index contributed by atoms with van der Waals surface area (Å²) in [6.07, 6.45) is 3.85. The first-order chi connectivity index (χ1) is 10.8. The van der Waals surface area contributed by atoms with Crippen molar-refractivity contribution < 1.29 is 5.82 Å². The van der Waals surface area contributed by atoms with Gasteiger partial charge in [0, 0.05) is 19.7 Å². The summed E-state index contributed by atoms with van der Waals surface area (Å²) in [6.45, 7) is 1.99. The number of fused-ring (bicyclic) bond motifs is 1. The van der Waals surface area contributed by atoms with E-state index in [1.54, 1.807) is 6.20 Å². The summed E-state index contributed by atoms with van der Waals surface area (Å²) < 4.78 is 15.8. The summed E-state index contributed by atoms with van der Waals surface area (Å²) in [6, 6.07) is 11.0. The van der Waals surface area contributed by atoms with Crippen molar-refractivity contribution in [2.75, 3.05) is 13.1 Å². The molecule has 4 nitrogen and oxygen atoms in total. The molecule has 3 aromatic rings. The van der Waals surface area contributed by atoms with Gasteiger partial charge in [-0.1, -0.05) is 6.07 Å². The Balaban J connectivity index is 0.00000156. The van der Waals surface area contributed by atoms with Crippen molar-refractivity contribution in [3.05, 3.63) is 48.4 Å². The topological polar surface area (TPSA) is 42.7 Å². The number of halogens is 1. The number of pyridine rings is 1. The molecule has 0 radical (unpaired) electrons. The second kappa shape index (κ2) is 5.50. The molecule has 114 valence electrons. The first kappa shape index (κ1) is 13.4. The van der Waals surface area contributed by atoms with E-state index in [9.17, 15) is 4.39 Å². The largest absolute Gasteiger partial charge is 0.319 e. The van der Waals surface area contributed by atoms with E-state index in [2.05, 4.69) is 19.9 Å². The molecular weight excluding hydrogens is 279 g/mol. The Labute approximate surface area is 129 Å². The minimum atomic E-state index is -0.255. The molecule has 1 aliphatic heterocycles. The maximum absolute atomic E-state index is 13.5. The van der Waals surface area contributed by atoms with Gasteiger partial charge in [-0.05, 0) is 50.2 Å². The number of hydrogen-bond acceptors (Lipinski definition) is 3. The number of rotatable bonds is 2. The van der Waals surface area contributed by atoms with Gasteiger partial charge < -0.3 is 9.88 Å². The van der Waals surface area contributed by atoms with Gasteiger partial charge >= 0.3 is 0 Å². The summed E-state index contributed by atoms with van der Waals surface area (Å²) >= 11 is 0. The van der Waals surface area contributed by atoms with E-state index in [0.717, 1.165) is 43.0 Å². The zero-order valence-electron chi connectivity index (χ0n) is 12.2. The number of nitrogens with one attached hydrogen (secondary N) is 1. The minimum Gasteiger partial charge on any atom is -0.319 e. The van der Waals surface area contributed by atoms with Crippen LogP contribution in [0.5, 0.6) is 0 Å². The van der Waals surface area contributed by atoms with E-state index in [1.807, 2.05) is 24.3 Å². The highest BCUT2D eigenvalue weighted by atomic mass is 19.1. The molecule has 0 unspecified atom stereocenters. The molecule has 1 aliphatic rings. The predicted octanol–water partition coefficient (Wildman–Crippen LogP) is 3.41. The van der Waals surface area contributed by atoms with E-state index in [-0.39, 0.29) is 7.24 Å². The molecule has 0 amide bonds. The monoisotopic (exact) mass is 299 g/mol. The second-order valence-corrected chi connectivity index (χ2v) is 5.63. The standard InChI is InChI=1S/C17H17FN4.H2/c18-12-4-5-16-15(11-12)21-17(14-3-1-2-8-20-14)22(16)13-6-9-19-10-7-13;/h1-5,8,11,13,19H,6-7,9-10H2;1H/i;1+1. The van der Waals surface area contributed by atoms with Crippen LogP contribution in [-0.4, -0.2) is 27.6 Å². The quantitative estimate of drug-likeness (QED) is 0.788. The molecule has 0 atom stereocenters. The van der Waals surface area contributed by atoms with Gasteiger partial charge in [0.05, 0.1) is 11.0 Å². The third kappa shape index (κ3) is 2.27. The molecule has 22 heavy (non-hydrogen) atoms. The smallest absolute Gasteiger partial charge is 0.160 e. The van der Waals surface area contributed by atoms with Gasteiger partial charge in [0.2, 0.25) is 0 Å². The average molecular weight is 299 g/mol. The van der Waals surface area contributed by atoms with Gasteiger partial charge in [0.25, 0.3) is 0 Å². The van der Waals surface area contributed by atoms with Gasteiger partial charge in [-0.2, -0.15) is 0 Å². The Morgan fingerprint density at radius 1 is 1.18 bits per heavy atom. The molecule has 1 N–H and O–H groups in total. The zero-order chi connectivity index (χ0) is 14.9. The summed E-state index contributed by atoms with van der Waals surface area (Å²) in [7, 11) is 0. The third-order valence-electron chi connectivity index (χ3n) is 4.22. The highest BCUT2D eigenvalue weighted by Gasteiger charge is 2.22. The molecule has 0 aliphatic carbocycles. The number of aromatic nitrogens is 3. The zero-order valence-corrected chi connectivity index (χ0v) is 12.2. The van der Waals surface area contributed by atoms with Crippen LogP contribution in [0, 0.1) is 5.82 Å². The number of imidazole rings is 1. The van der Waals surface area contributed by atoms with Crippen molar-refractivity contribution in [2.24, 2.45) is 0 Å². The average Bonchev–Trinajstić information content (AvgIpc) is 2.95. The Bertz CT molecular complexity index is 797. The van der Waals surface area contributed by atoms with Gasteiger partial charge in [0.15, 0.2) is 5.82 Å². The van der Waals surface area contributed by atoms with E-state index in [1.165, 1.54) is 12.1 Å². The normalized spacial score (nSPS) is 16.2. The molecule has 0 spiro atoms. The Hall–Kier alpha value is -2.27. The lowest BCUT2D eigenvalue weighted by Gasteiger charge is -2.26. The van der Waals surface area contributed by atoms with Crippen LogP contribution in [-0.2, 0) is 0 Å². The molecular formula is C17H19FN4. The second-order valence-electron chi connectivity index (χ2n) is 5.63. The van der Waals surface area contributed by atoms with Crippen LogP contribution in [0.3, 0.4) is 0 Å². The molecule has 1 saturated heterocycles. The minimum absolute atomic E-state index is 0. The summed E-state index contributed by atoms with van der Waals surface area (Å²) in [5, 5.41) is 3.38. The fourth-order valence-corrected chi connectivity index (χ4v) is 3.18. The van der Waals surface area contributed by atoms with Crippen molar-refractivity contribution in [1.82, 2.24) is 19.9 Å². The third-order valence-corrected chi connectivity index (χ3v) is 4.22. The predicted molar refractivity (Wildman–Crippen MR) is 86.2 cm³/mol. The lowest BCUT2D eigenvalue weighted by atomic mass is 10.1. The van der Waals surface area contributed by atoms with Gasteiger partial charge in [-0.25, -0.2) is 9.37 Å². The van der Waals surface area contributed by atoms with E-state index >= 15 is 0 Å². The molecule has 4 rings (SSSR count). The first-order valence-corrected chi connectivity index (χ1v) is 7.62. The van der Waals surface area contributed by atoms with E-state index < -0.39 is 0 Å². The Morgan fingerprint density at radius 2 is 2.05 bits per heavy atom. The van der Waals surface area contributed by atoms with Crippen LogP contribution in [0.4, 0.5) is 4.39 Å². The fourth-order valence-electron chi connectivity index (χ4n) is 3.18. The number of piperidine rings is 1. The Kier molecular flexibility index (Phi) is 3.35. The first-order valence-electron chi connectivity index (χ1n) is 7.62. The Morgan fingerprint density at radius 3 is 2.82 bits per heavy atom. The van der Waals surface area contributed by atoms with Crippen molar-refractivity contribution in [1.29, 1.82) is 0 Å². The van der Waals surface area contributed by atoms with Crippen molar-refractivity contribution >= 4 is 11.0 Å². The van der Waals surface area contributed by atoms with Gasteiger partial charge in [0.1, 0.15) is 11.5 Å². The van der Waals surface area contributed by atoms with Crippen LogP contribution in [0.2, 0.25) is 0 Å². The van der Waals surface area contributed by atoms with Gasteiger partial charge in [-0.3, -0.25) is 4.98 Å². The SMILES string of the molecule is Fc1ccc2c(c1)nc(-c1ccccn1)n2C1CCNCC1.[2HH]. The summed E-state index contributed by atoms with van der Waals surface area (Å²) in [5.41, 5.74) is 2.51. The number of hydrogen-bond donors (Lipinski definition) is 1. The summed E-state index contributed by atoms with van der Waals surface area (Å²) in [4.78, 5) is 9.09. The van der Waals surface area contributed by atoms with Crippen LogP contribution in [0.25, 0.3) is 22.6 Å². The van der Waals surface area contributed by atoms with Crippen LogP contribution in [0.1, 0.15) is 20.3 Å². The van der Waals surface area contributed by atoms with Crippen LogP contribution in [0.15, 0.2) is 42.6 Å². The molecule has 3 heterocycles. The highest BCUT2D eigenvalue weighted by molar-refractivity contribution is 5.80. The van der Waals surface area contributed by atoms with Crippen LogP contribution < -0.4 is 5.32 Å². The van der Waals surface area contributed by atoms with Crippen LogP contribution >= 0.6 is 0 Å². The van der Waals surface area contributed by atoms with Gasteiger partial charge in [-0.15, -0.1) is 0 Å². The lowest BCUT2D eigenvalue weighted by Crippen LogP contribution is -2.29. The van der Waals surface area contributed by atoms with Crippen molar-refractivity contribution in [3.63, 3.8) is 0 Å². The fraction of sp³-hybridized carbons (Fsp3) is 0.294. The molecule has 0 saturated carbocycles.